The van der Waals surface area contributed by atoms with Crippen LogP contribution in [-0.2, 0) is 0 Å². The minimum Gasteiger partial charge on any atom is -0.338 e. The lowest BCUT2D eigenvalue weighted by Crippen LogP contribution is -2.28. The highest BCUT2D eigenvalue weighted by atomic mass is 35.5. The highest BCUT2D eigenvalue weighted by molar-refractivity contribution is 6.30. The van der Waals surface area contributed by atoms with Crippen LogP contribution in [0.1, 0.15) is 6.92 Å². The van der Waals surface area contributed by atoms with Crippen LogP contribution in [0.25, 0.3) is 16.9 Å². The highest BCUT2D eigenvalue weighted by Gasteiger charge is 2.08. The summed E-state index contributed by atoms with van der Waals surface area (Å²) in [7, 11) is 0. The van der Waals surface area contributed by atoms with Gasteiger partial charge in [-0.2, -0.15) is 0 Å². The molecule has 5 nitrogen and oxygen atoms in total. The van der Waals surface area contributed by atoms with Crippen LogP contribution in [0.4, 0.5) is 10.5 Å². The van der Waals surface area contributed by atoms with Gasteiger partial charge in [-0.15, -0.1) is 0 Å². The first-order valence-electron chi connectivity index (χ1n) is 6.95. The number of fused-ring (bicyclic) bond motifs is 1. The Morgan fingerprint density at radius 1 is 1.32 bits per heavy atom. The zero-order valence-electron chi connectivity index (χ0n) is 12.0. The molecule has 0 atom stereocenters. The number of urea groups is 1. The maximum Gasteiger partial charge on any atom is 0.319 e. The first-order chi connectivity index (χ1) is 10.7. The normalized spacial score (nSPS) is 10.6. The third-order valence-corrected chi connectivity index (χ3v) is 3.46. The number of imidazole rings is 1. The maximum absolute atomic E-state index is 11.6. The number of benzene rings is 1. The summed E-state index contributed by atoms with van der Waals surface area (Å²) in [6, 6.07) is 11.0. The van der Waals surface area contributed by atoms with Crippen molar-refractivity contribution in [1.29, 1.82) is 0 Å². The van der Waals surface area contributed by atoms with E-state index >= 15 is 0 Å². The number of nitrogens with one attached hydrogen (secondary N) is 2. The summed E-state index contributed by atoms with van der Waals surface area (Å²) < 4.78 is 1.96. The summed E-state index contributed by atoms with van der Waals surface area (Å²) in [5, 5.41) is 6.15. The average molecular weight is 315 g/mol. The molecule has 0 aliphatic rings. The first-order valence-corrected chi connectivity index (χ1v) is 7.33. The van der Waals surface area contributed by atoms with Crippen LogP contribution in [0.3, 0.4) is 0 Å². The number of halogens is 1. The number of rotatable bonds is 3. The standard InChI is InChI=1S/C16H15ClN4O/c1-2-18-16(22)20-13-5-3-4-11(8-13)14-10-19-15-9-12(17)6-7-21(14)15/h3-10H,2H2,1H3,(H2,18,20,22). The Labute approximate surface area is 132 Å². The van der Waals surface area contributed by atoms with Gasteiger partial charge in [0.2, 0.25) is 0 Å². The largest absolute Gasteiger partial charge is 0.338 e. The van der Waals surface area contributed by atoms with Crippen LogP contribution < -0.4 is 10.6 Å². The third-order valence-electron chi connectivity index (χ3n) is 3.23. The molecule has 0 saturated heterocycles. The fourth-order valence-corrected chi connectivity index (χ4v) is 2.42. The van der Waals surface area contributed by atoms with E-state index in [0.29, 0.717) is 11.6 Å². The number of pyridine rings is 1. The summed E-state index contributed by atoms with van der Waals surface area (Å²) in [5.74, 6) is 0. The third kappa shape index (κ3) is 2.89. The molecule has 0 saturated carbocycles. The van der Waals surface area contributed by atoms with Crippen molar-refractivity contribution in [3.05, 3.63) is 53.8 Å². The van der Waals surface area contributed by atoms with Crippen LogP contribution in [0.2, 0.25) is 5.02 Å². The van der Waals surface area contributed by atoms with Gasteiger partial charge in [0, 0.05) is 35.1 Å². The smallest absolute Gasteiger partial charge is 0.319 e. The Bertz CT molecular complexity index is 828. The maximum atomic E-state index is 11.6. The van der Waals surface area contributed by atoms with E-state index < -0.39 is 0 Å². The van der Waals surface area contributed by atoms with Crippen molar-refractivity contribution < 1.29 is 4.79 Å². The quantitative estimate of drug-likeness (QED) is 0.772. The van der Waals surface area contributed by atoms with Crippen molar-refractivity contribution in [3.63, 3.8) is 0 Å². The Morgan fingerprint density at radius 3 is 3.00 bits per heavy atom. The fourth-order valence-electron chi connectivity index (χ4n) is 2.26. The summed E-state index contributed by atoms with van der Waals surface area (Å²) in [6.07, 6.45) is 3.67. The number of aromatic nitrogens is 2. The molecule has 0 aliphatic heterocycles. The Morgan fingerprint density at radius 2 is 2.18 bits per heavy atom. The number of carbonyl (C=O) groups is 1. The number of carbonyl (C=O) groups excluding carboxylic acids is 1. The number of hydrogen-bond acceptors (Lipinski definition) is 2. The van der Waals surface area contributed by atoms with E-state index in [1.54, 1.807) is 6.20 Å². The van der Waals surface area contributed by atoms with Crippen molar-refractivity contribution in [2.75, 3.05) is 11.9 Å². The van der Waals surface area contributed by atoms with Crippen molar-refractivity contribution in [3.8, 4) is 11.3 Å². The molecule has 0 unspecified atom stereocenters. The molecule has 0 spiro atoms. The molecule has 2 amide bonds. The van der Waals surface area contributed by atoms with E-state index in [0.717, 1.165) is 22.6 Å². The van der Waals surface area contributed by atoms with Gasteiger partial charge in [0.05, 0.1) is 11.9 Å². The number of hydrogen-bond donors (Lipinski definition) is 2. The van der Waals surface area contributed by atoms with Crippen LogP contribution in [0.5, 0.6) is 0 Å². The number of anilines is 1. The lowest BCUT2D eigenvalue weighted by Gasteiger charge is -2.08. The molecular formula is C16H15ClN4O. The molecule has 0 radical (unpaired) electrons. The van der Waals surface area contributed by atoms with Gasteiger partial charge in [0.25, 0.3) is 0 Å². The Hall–Kier alpha value is -2.53. The summed E-state index contributed by atoms with van der Waals surface area (Å²) >= 11 is 5.98. The van der Waals surface area contributed by atoms with Crippen LogP contribution in [0, 0.1) is 0 Å². The molecule has 3 rings (SSSR count). The molecule has 0 bridgehead atoms. The zero-order chi connectivity index (χ0) is 15.5. The summed E-state index contributed by atoms with van der Waals surface area (Å²) in [4.78, 5) is 16.0. The molecule has 1 aromatic carbocycles. The Balaban J connectivity index is 1.95. The van der Waals surface area contributed by atoms with Gasteiger partial charge in [-0.1, -0.05) is 23.7 Å². The van der Waals surface area contributed by atoms with E-state index in [4.69, 9.17) is 11.6 Å². The number of nitrogens with zero attached hydrogens (tertiary/aromatic N) is 2. The second-order valence-corrected chi connectivity index (χ2v) is 5.22. The van der Waals surface area contributed by atoms with E-state index in [1.165, 1.54) is 0 Å². The van der Waals surface area contributed by atoms with Crippen LogP contribution in [-0.4, -0.2) is 22.0 Å². The molecule has 0 aliphatic carbocycles. The summed E-state index contributed by atoms with van der Waals surface area (Å²) in [6.45, 7) is 2.46. The minimum atomic E-state index is -0.218. The van der Waals surface area contributed by atoms with E-state index in [9.17, 15) is 4.79 Å². The summed E-state index contributed by atoms with van der Waals surface area (Å²) in [5.41, 5.74) is 3.41. The van der Waals surface area contributed by atoms with Crippen molar-refractivity contribution in [2.24, 2.45) is 0 Å². The zero-order valence-corrected chi connectivity index (χ0v) is 12.8. The van der Waals surface area contributed by atoms with Crippen molar-refractivity contribution >= 4 is 29.0 Å². The van der Waals surface area contributed by atoms with Gasteiger partial charge in [-0.3, -0.25) is 4.40 Å². The van der Waals surface area contributed by atoms with Crippen molar-refractivity contribution in [2.45, 2.75) is 6.92 Å². The predicted octanol–water partition coefficient (Wildman–Crippen LogP) is 3.80. The lowest BCUT2D eigenvalue weighted by atomic mass is 10.1. The molecule has 2 aromatic heterocycles. The molecule has 112 valence electrons. The fraction of sp³-hybridized carbons (Fsp3) is 0.125. The molecule has 22 heavy (non-hydrogen) atoms. The second-order valence-electron chi connectivity index (χ2n) is 4.78. The Kier molecular flexibility index (Phi) is 3.98. The van der Waals surface area contributed by atoms with Gasteiger partial charge in [0.15, 0.2) is 0 Å². The van der Waals surface area contributed by atoms with E-state index in [2.05, 4.69) is 15.6 Å². The molecule has 2 N–H and O–H groups in total. The predicted molar refractivity (Wildman–Crippen MR) is 88.3 cm³/mol. The van der Waals surface area contributed by atoms with E-state index in [1.807, 2.05) is 53.9 Å². The van der Waals surface area contributed by atoms with Gasteiger partial charge >= 0.3 is 6.03 Å². The molecule has 3 aromatic rings. The molecule has 6 heteroatoms. The van der Waals surface area contributed by atoms with Gasteiger partial charge in [-0.05, 0) is 25.1 Å². The molecule has 0 fully saturated rings. The lowest BCUT2D eigenvalue weighted by molar-refractivity contribution is 0.252. The van der Waals surface area contributed by atoms with Crippen molar-refractivity contribution in [1.82, 2.24) is 14.7 Å². The van der Waals surface area contributed by atoms with E-state index in [-0.39, 0.29) is 6.03 Å². The molecular weight excluding hydrogens is 300 g/mol. The van der Waals surface area contributed by atoms with Crippen LogP contribution in [0.15, 0.2) is 48.8 Å². The second kappa shape index (κ2) is 6.07. The van der Waals surface area contributed by atoms with Gasteiger partial charge in [-0.25, -0.2) is 9.78 Å². The minimum absolute atomic E-state index is 0.218. The van der Waals surface area contributed by atoms with Gasteiger partial charge in [0.1, 0.15) is 5.65 Å². The first kappa shape index (κ1) is 14.4. The topological polar surface area (TPSA) is 58.4 Å². The monoisotopic (exact) mass is 314 g/mol. The average Bonchev–Trinajstić information content (AvgIpc) is 2.90. The van der Waals surface area contributed by atoms with Gasteiger partial charge < -0.3 is 10.6 Å². The van der Waals surface area contributed by atoms with Crippen LogP contribution >= 0.6 is 11.6 Å². The highest BCUT2D eigenvalue weighted by Crippen LogP contribution is 2.24. The number of amides is 2. The molecule has 2 heterocycles. The SMILES string of the molecule is CCNC(=O)Nc1cccc(-c2cnc3cc(Cl)ccn23)c1.